The van der Waals surface area contributed by atoms with Crippen molar-refractivity contribution in [3.8, 4) is 0 Å². The Kier molecular flexibility index (Phi) is 7.90. The van der Waals surface area contributed by atoms with Gasteiger partial charge in [0, 0.05) is 16.7 Å². The van der Waals surface area contributed by atoms with E-state index in [1.165, 1.54) is 23.9 Å². The van der Waals surface area contributed by atoms with Crippen molar-refractivity contribution in [2.45, 2.75) is 29.2 Å². The van der Waals surface area contributed by atoms with Gasteiger partial charge < -0.3 is 5.11 Å². The van der Waals surface area contributed by atoms with E-state index in [1.54, 1.807) is 12.1 Å². The van der Waals surface area contributed by atoms with Crippen molar-refractivity contribution < 1.29 is 18.3 Å². The van der Waals surface area contributed by atoms with E-state index < -0.39 is 28.0 Å². The highest BCUT2D eigenvalue weighted by Crippen LogP contribution is 2.24. The molecule has 0 aromatic heterocycles. The number of aryl methyl sites for hydroxylation is 1. The number of sulfonamides is 1. The van der Waals surface area contributed by atoms with E-state index in [1.807, 2.05) is 67.6 Å². The predicted octanol–water partition coefficient (Wildman–Crippen LogP) is 4.38. The maximum Gasteiger partial charge on any atom is 0.308 e. The maximum atomic E-state index is 13.0. The third-order valence-corrected chi connectivity index (χ3v) is 7.55. The minimum atomic E-state index is -3.88. The molecule has 0 saturated carbocycles. The van der Waals surface area contributed by atoms with Crippen LogP contribution in [0.5, 0.6) is 0 Å². The average Bonchev–Trinajstić information content (AvgIpc) is 2.76. The standard InChI is InChI=1S/C24H25NO4S2/c1-18-12-14-21(15-13-18)31(28,29)25-23(17-30-20-10-6-3-7-11-20)22(24(26)27)16-19-8-4-2-5-9-19/h2-15,22-23,25H,16-17H2,1H3,(H,26,27)/t22-,23+/m0/s1. The van der Waals surface area contributed by atoms with Gasteiger partial charge in [0.1, 0.15) is 0 Å². The molecule has 0 bridgehead atoms. The van der Waals surface area contributed by atoms with Crippen LogP contribution >= 0.6 is 11.8 Å². The Hall–Kier alpha value is -2.61. The molecule has 3 aromatic carbocycles. The average molecular weight is 456 g/mol. The van der Waals surface area contributed by atoms with Crippen LogP contribution in [0.1, 0.15) is 11.1 Å². The van der Waals surface area contributed by atoms with Crippen molar-refractivity contribution in [2.24, 2.45) is 5.92 Å². The Bertz CT molecular complexity index is 1090. The highest BCUT2D eigenvalue weighted by Gasteiger charge is 2.32. The molecule has 0 spiro atoms. The van der Waals surface area contributed by atoms with Crippen molar-refractivity contribution in [3.05, 3.63) is 96.1 Å². The molecule has 0 saturated heterocycles. The van der Waals surface area contributed by atoms with E-state index >= 15 is 0 Å². The lowest BCUT2D eigenvalue weighted by Crippen LogP contribution is -2.46. The monoisotopic (exact) mass is 455 g/mol. The molecule has 0 heterocycles. The van der Waals surface area contributed by atoms with Crippen molar-refractivity contribution in [1.82, 2.24) is 4.72 Å². The Morgan fingerprint density at radius 3 is 2.10 bits per heavy atom. The van der Waals surface area contributed by atoms with Crippen LogP contribution in [0.15, 0.2) is 94.7 Å². The Balaban J connectivity index is 1.88. The Morgan fingerprint density at radius 2 is 1.52 bits per heavy atom. The van der Waals surface area contributed by atoms with Gasteiger partial charge in [-0.2, -0.15) is 0 Å². The van der Waals surface area contributed by atoms with E-state index in [9.17, 15) is 18.3 Å². The highest BCUT2D eigenvalue weighted by atomic mass is 32.2. The number of hydrogen-bond donors (Lipinski definition) is 2. The largest absolute Gasteiger partial charge is 0.481 e. The topological polar surface area (TPSA) is 83.5 Å². The zero-order valence-electron chi connectivity index (χ0n) is 17.1. The lowest BCUT2D eigenvalue weighted by molar-refractivity contribution is -0.142. The van der Waals surface area contributed by atoms with Crippen molar-refractivity contribution in [1.29, 1.82) is 0 Å². The molecule has 0 aliphatic carbocycles. The van der Waals surface area contributed by atoms with Crippen LogP contribution in [-0.4, -0.2) is 31.3 Å². The molecule has 2 N–H and O–H groups in total. The van der Waals surface area contributed by atoms with Crippen molar-refractivity contribution in [2.75, 3.05) is 5.75 Å². The van der Waals surface area contributed by atoms with Gasteiger partial charge in [0.25, 0.3) is 0 Å². The van der Waals surface area contributed by atoms with Crippen LogP contribution in [-0.2, 0) is 21.2 Å². The van der Waals surface area contributed by atoms with Gasteiger partial charge in [0.2, 0.25) is 10.0 Å². The summed E-state index contributed by atoms with van der Waals surface area (Å²) in [6.07, 6.45) is 0.229. The number of benzene rings is 3. The van der Waals surface area contributed by atoms with Crippen LogP contribution in [0.3, 0.4) is 0 Å². The van der Waals surface area contributed by atoms with Gasteiger partial charge in [-0.05, 0) is 43.2 Å². The van der Waals surface area contributed by atoms with Crippen LogP contribution in [0.4, 0.5) is 0 Å². The third kappa shape index (κ3) is 6.69. The number of thioether (sulfide) groups is 1. The zero-order chi connectivity index (χ0) is 22.3. The molecule has 3 aromatic rings. The molecule has 0 aliphatic rings. The number of carboxylic acids is 1. The Labute approximate surface area is 187 Å². The summed E-state index contributed by atoms with van der Waals surface area (Å²) in [6.45, 7) is 1.88. The second-order valence-corrected chi connectivity index (χ2v) is 10.1. The molecule has 3 rings (SSSR count). The van der Waals surface area contributed by atoms with Gasteiger partial charge >= 0.3 is 5.97 Å². The summed E-state index contributed by atoms with van der Waals surface area (Å²) >= 11 is 1.43. The van der Waals surface area contributed by atoms with Crippen LogP contribution in [0, 0.1) is 12.8 Å². The number of rotatable bonds is 10. The quantitative estimate of drug-likeness (QED) is 0.443. The molecule has 0 radical (unpaired) electrons. The molecule has 31 heavy (non-hydrogen) atoms. The first kappa shape index (κ1) is 23.1. The lowest BCUT2D eigenvalue weighted by atomic mass is 9.93. The summed E-state index contributed by atoms with van der Waals surface area (Å²) in [5, 5.41) is 9.96. The highest BCUT2D eigenvalue weighted by molar-refractivity contribution is 7.99. The smallest absolute Gasteiger partial charge is 0.308 e. The molecule has 0 aliphatic heterocycles. The van der Waals surface area contributed by atoms with Crippen molar-refractivity contribution >= 4 is 27.8 Å². The van der Waals surface area contributed by atoms with E-state index in [0.717, 1.165) is 16.0 Å². The molecule has 2 atom stereocenters. The second-order valence-electron chi connectivity index (χ2n) is 7.30. The van der Waals surface area contributed by atoms with Gasteiger partial charge in [-0.1, -0.05) is 66.2 Å². The number of hydrogen-bond acceptors (Lipinski definition) is 4. The molecule has 0 amide bonds. The molecule has 0 fully saturated rings. The molecule has 0 unspecified atom stereocenters. The first-order valence-electron chi connectivity index (χ1n) is 9.89. The number of nitrogens with one attached hydrogen (secondary N) is 1. The third-order valence-electron chi connectivity index (χ3n) is 4.91. The first-order valence-corrected chi connectivity index (χ1v) is 12.4. The fourth-order valence-electron chi connectivity index (χ4n) is 3.19. The fraction of sp³-hybridized carbons (Fsp3) is 0.208. The Morgan fingerprint density at radius 1 is 0.935 bits per heavy atom. The molecule has 7 heteroatoms. The lowest BCUT2D eigenvalue weighted by Gasteiger charge is -2.25. The summed E-state index contributed by atoms with van der Waals surface area (Å²) in [6, 6.07) is 24.5. The van der Waals surface area contributed by atoms with Gasteiger partial charge in [-0.15, -0.1) is 11.8 Å². The van der Waals surface area contributed by atoms with Crippen LogP contribution in [0.2, 0.25) is 0 Å². The normalized spacial score (nSPS) is 13.5. The maximum absolute atomic E-state index is 13.0. The minimum absolute atomic E-state index is 0.122. The van der Waals surface area contributed by atoms with E-state index in [2.05, 4.69) is 4.72 Å². The summed E-state index contributed by atoms with van der Waals surface area (Å²) in [7, 11) is -3.88. The summed E-state index contributed by atoms with van der Waals surface area (Å²) in [5.41, 5.74) is 1.79. The number of carboxylic acid groups (broad SMARTS) is 1. The van der Waals surface area contributed by atoms with E-state index in [4.69, 9.17) is 0 Å². The molecular weight excluding hydrogens is 430 g/mol. The fourth-order valence-corrected chi connectivity index (χ4v) is 5.61. The van der Waals surface area contributed by atoms with Gasteiger partial charge in [0.05, 0.1) is 10.8 Å². The SMILES string of the molecule is Cc1ccc(S(=O)(=O)N[C@H](CSc2ccccc2)[C@H](Cc2ccccc2)C(=O)O)cc1. The molecular formula is C24H25NO4S2. The van der Waals surface area contributed by atoms with Crippen LogP contribution < -0.4 is 4.72 Å². The molecule has 5 nitrogen and oxygen atoms in total. The predicted molar refractivity (Wildman–Crippen MR) is 124 cm³/mol. The van der Waals surface area contributed by atoms with E-state index in [-0.39, 0.29) is 11.3 Å². The van der Waals surface area contributed by atoms with Gasteiger partial charge in [-0.3, -0.25) is 4.79 Å². The summed E-state index contributed by atoms with van der Waals surface area (Å²) in [5.74, 6) is -1.66. The zero-order valence-corrected chi connectivity index (χ0v) is 18.8. The molecule has 162 valence electrons. The second kappa shape index (κ2) is 10.6. The number of carbonyl (C=O) groups is 1. The van der Waals surface area contributed by atoms with Gasteiger partial charge in [-0.25, -0.2) is 13.1 Å². The van der Waals surface area contributed by atoms with Gasteiger partial charge in [0.15, 0.2) is 0 Å². The van der Waals surface area contributed by atoms with Crippen LogP contribution in [0.25, 0.3) is 0 Å². The summed E-state index contributed by atoms with van der Waals surface area (Å²) < 4.78 is 28.7. The van der Waals surface area contributed by atoms with Crippen molar-refractivity contribution in [3.63, 3.8) is 0 Å². The van der Waals surface area contributed by atoms with E-state index in [0.29, 0.717) is 5.75 Å². The number of aliphatic carboxylic acids is 1. The minimum Gasteiger partial charge on any atom is -0.481 e. The summed E-state index contributed by atoms with van der Waals surface area (Å²) in [4.78, 5) is 13.3. The first-order chi connectivity index (χ1) is 14.8.